The van der Waals surface area contributed by atoms with Crippen molar-refractivity contribution in [2.45, 2.75) is 32.2 Å². The van der Waals surface area contributed by atoms with Crippen molar-refractivity contribution in [1.82, 2.24) is 30.8 Å². The van der Waals surface area contributed by atoms with Crippen LogP contribution in [-0.4, -0.2) is 51.8 Å². The summed E-state index contributed by atoms with van der Waals surface area (Å²) in [6.07, 6.45) is 2.97. The number of hydrogen-bond acceptors (Lipinski definition) is 6. The maximum absolute atomic E-state index is 12.5. The van der Waals surface area contributed by atoms with Gasteiger partial charge in [0.05, 0.1) is 5.69 Å². The highest BCUT2D eigenvalue weighted by molar-refractivity contribution is 5.85. The van der Waals surface area contributed by atoms with Crippen LogP contribution in [0.5, 0.6) is 0 Å². The normalized spacial score (nSPS) is 17.1. The summed E-state index contributed by atoms with van der Waals surface area (Å²) in [4.78, 5) is 12.5. The highest BCUT2D eigenvalue weighted by Crippen LogP contribution is 2.13. The first-order chi connectivity index (χ1) is 12.3. The molecule has 1 saturated heterocycles. The number of nitrogens with one attached hydrogen (secondary N) is 3. The average molecular weight is 416 g/mol. The summed E-state index contributed by atoms with van der Waals surface area (Å²) < 4.78 is 1.60. The van der Waals surface area contributed by atoms with Gasteiger partial charge in [-0.15, -0.1) is 24.8 Å². The van der Waals surface area contributed by atoms with Gasteiger partial charge in [0.1, 0.15) is 6.04 Å². The Morgan fingerprint density at radius 3 is 2.78 bits per heavy atom. The lowest BCUT2D eigenvalue weighted by atomic mass is 9.99. The molecule has 1 aromatic heterocycles. The third-order valence-electron chi connectivity index (χ3n) is 4.46. The van der Waals surface area contributed by atoms with Gasteiger partial charge in [0, 0.05) is 6.54 Å². The van der Waals surface area contributed by atoms with Gasteiger partial charge in [-0.25, -0.2) is 0 Å². The molecule has 3 N–H and O–H groups in total. The van der Waals surface area contributed by atoms with E-state index in [9.17, 15) is 4.79 Å². The van der Waals surface area contributed by atoms with Gasteiger partial charge < -0.3 is 16.0 Å². The number of carbonyl (C=O) groups is 1. The molecule has 2 heterocycles. The van der Waals surface area contributed by atoms with E-state index in [4.69, 9.17) is 0 Å². The van der Waals surface area contributed by atoms with E-state index in [1.54, 1.807) is 4.68 Å². The number of halogens is 2. The summed E-state index contributed by atoms with van der Waals surface area (Å²) in [5.41, 5.74) is 0.846. The Balaban J connectivity index is 0.00000182. The Kier molecular flexibility index (Phi) is 10.1. The van der Waals surface area contributed by atoms with Crippen LogP contribution in [0, 0.1) is 5.92 Å². The van der Waals surface area contributed by atoms with Gasteiger partial charge in [0.25, 0.3) is 0 Å². The summed E-state index contributed by atoms with van der Waals surface area (Å²) in [6, 6.07) is 9.23. The van der Waals surface area contributed by atoms with Crippen LogP contribution in [-0.2, 0) is 4.79 Å². The SMILES string of the molecule is CCC(Nc1nnnn1-c1ccccc1)C(=O)NCC1CCCNC1.Cl.Cl. The highest BCUT2D eigenvalue weighted by Gasteiger charge is 2.21. The molecule has 2 atom stereocenters. The fraction of sp³-hybridized carbons (Fsp3) is 0.529. The van der Waals surface area contributed by atoms with Crippen molar-refractivity contribution in [3.05, 3.63) is 30.3 Å². The van der Waals surface area contributed by atoms with Gasteiger partial charge in [-0.2, -0.15) is 4.68 Å². The number of aromatic nitrogens is 4. The molecule has 150 valence electrons. The Morgan fingerprint density at radius 1 is 1.33 bits per heavy atom. The van der Waals surface area contributed by atoms with Crippen molar-refractivity contribution < 1.29 is 4.79 Å². The molecule has 0 radical (unpaired) electrons. The fourth-order valence-electron chi connectivity index (χ4n) is 3.00. The van der Waals surface area contributed by atoms with E-state index in [2.05, 4.69) is 31.5 Å². The Bertz CT molecular complexity index is 677. The zero-order valence-corrected chi connectivity index (χ0v) is 16.9. The van der Waals surface area contributed by atoms with Crippen LogP contribution in [0.4, 0.5) is 5.95 Å². The van der Waals surface area contributed by atoms with E-state index >= 15 is 0 Å². The number of benzene rings is 1. The van der Waals surface area contributed by atoms with Gasteiger partial charge in [-0.1, -0.05) is 30.2 Å². The molecular formula is C17H27Cl2N7O. The monoisotopic (exact) mass is 415 g/mol. The first-order valence-electron chi connectivity index (χ1n) is 8.86. The lowest BCUT2D eigenvalue weighted by molar-refractivity contribution is -0.122. The number of amides is 1. The quantitative estimate of drug-likeness (QED) is 0.637. The van der Waals surface area contributed by atoms with Gasteiger partial charge in [0.15, 0.2) is 0 Å². The van der Waals surface area contributed by atoms with Crippen molar-refractivity contribution in [3.63, 3.8) is 0 Å². The lowest BCUT2D eigenvalue weighted by Gasteiger charge is -2.24. The Hall–Kier alpha value is -1.90. The molecule has 1 aliphatic rings. The van der Waals surface area contributed by atoms with Crippen molar-refractivity contribution in [2.24, 2.45) is 5.92 Å². The smallest absolute Gasteiger partial charge is 0.248 e. The first kappa shape index (κ1) is 23.1. The molecule has 0 spiro atoms. The summed E-state index contributed by atoms with van der Waals surface area (Å²) in [7, 11) is 0. The average Bonchev–Trinajstić information content (AvgIpc) is 3.14. The molecule has 1 fully saturated rings. The summed E-state index contributed by atoms with van der Waals surface area (Å²) in [6.45, 7) is 4.71. The number of anilines is 1. The summed E-state index contributed by atoms with van der Waals surface area (Å²) in [5.74, 6) is 0.952. The van der Waals surface area contributed by atoms with E-state index in [1.165, 1.54) is 6.42 Å². The second kappa shape index (κ2) is 11.7. The minimum Gasteiger partial charge on any atom is -0.354 e. The number of rotatable bonds is 7. The highest BCUT2D eigenvalue weighted by atomic mass is 35.5. The predicted octanol–water partition coefficient (Wildman–Crippen LogP) is 1.81. The summed E-state index contributed by atoms with van der Waals surface area (Å²) >= 11 is 0. The summed E-state index contributed by atoms with van der Waals surface area (Å²) in [5, 5.41) is 21.3. The van der Waals surface area contributed by atoms with Crippen LogP contribution in [0.1, 0.15) is 26.2 Å². The van der Waals surface area contributed by atoms with E-state index in [1.807, 2.05) is 37.3 Å². The standard InChI is InChI=1S/C17H25N7O.2ClH/c1-2-15(16(25)19-12-13-7-6-10-18-11-13)20-17-21-22-23-24(17)14-8-4-3-5-9-14;;/h3-5,8-9,13,15,18H,2,6-7,10-12H2,1H3,(H,19,25)(H,20,21,23);2*1H. The number of piperidine rings is 1. The molecule has 2 aromatic rings. The number of carbonyl (C=O) groups excluding carboxylic acids is 1. The molecule has 0 bridgehead atoms. The zero-order chi connectivity index (χ0) is 17.5. The molecule has 3 rings (SSSR count). The molecule has 0 saturated carbocycles. The van der Waals surface area contributed by atoms with Crippen LogP contribution in [0.3, 0.4) is 0 Å². The van der Waals surface area contributed by atoms with Crippen LogP contribution >= 0.6 is 24.8 Å². The van der Waals surface area contributed by atoms with Crippen molar-refractivity contribution in [1.29, 1.82) is 0 Å². The van der Waals surface area contributed by atoms with Crippen molar-refractivity contribution in [2.75, 3.05) is 25.0 Å². The van der Waals surface area contributed by atoms with E-state index in [-0.39, 0.29) is 36.8 Å². The molecule has 8 nitrogen and oxygen atoms in total. The number of nitrogens with zero attached hydrogens (tertiary/aromatic N) is 4. The number of para-hydroxylation sites is 1. The van der Waals surface area contributed by atoms with Gasteiger partial charge in [-0.3, -0.25) is 4.79 Å². The Labute approximate surface area is 171 Å². The number of hydrogen-bond donors (Lipinski definition) is 3. The van der Waals surface area contributed by atoms with Crippen LogP contribution < -0.4 is 16.0 Å². The second-order valence-corrected chi connectivity index (χ2v) is 6.31. The van der Waals surface area contributed by atoms with Gasteiger partial charge >= 0.3 is 0 Å². The fourth-order valence-corrected chi connectivity index (χ4v) is 3.00. The molecule has 1 aliphatic heterocycles. The molecule has 27 heavy (non-hydrogen) atoms. The maximum atomic E-state index is 12.5. The maximum Gasteiger partial charge on any atom is 0.248 e. The number of tetrazole rings is 1. The molecule has 0 aliphatic carbocycles. The largest absolute Gasteiger partial charge is 0.354 e. The van der Waals surface area contributed by atoms with Crippen LogP contribution in [0.15, 0.2) is 30.3 Å². The van der Waals surface area contributed by atoms with Gasteiger partial charge in [-0.05, 0) is 60.8 Å². The lowest BCUT2D eigenvalue weighted by Crippen LogP contribution is -2.44. The predicted molar refractivity (Wildman–Crippen MR) is 110 cm³/mol. The molecule has 10 heteroatoms. The minimum atomic E-state index is -0.370. The third kappa shape index (κ3) is 6.34. The molecule has 1 amide bonds. The molecule has 1 aromatic carbocycles. The van der Waals surface area contributed by atoms with Crippen molar-refractivity contribution >= 4 is 36.7 Å². The first-order valence-corrected chi connectivity index (χ1v) is 8.86. The van der Waals surface area contributed by atoms with E-state index in [0.29, 0.717) is 24.8 Å². The topological polar surface area (TPSA) is 96.8 Å². The van der Waals surface area contributed by atoms with Crippen molar-refractivity contribution in [3.8, 4) is 5.69 Å². The van der Waals surface area contributed by atoms with Crippen LogP contribution in [0.25, 0.3) is 5.69 Å². The van der Waals surface area contributed by atoms with Gasteiger partial charge in [0.2, 0.25) is 11.9 Å². The minimum absolute atomic E-state index is 0. The molecular weight excluding hydrogens is 389 g/mol. The zero-order valence-electron chi connectivity index (χ0n) is 15.3. The second-order valence-electron chi connectivity index (χ2n) is 6.31. The Morgan fingerprint density at radius 2 is 2.11 bits per heavy atom. The molecule has 2 unspecified atom stereocenters. The van der Waals surface area contributed by atoms with E-state index < -0.39 is 0 Å². The van der Waals surface area contributed by atoms with E-state index in [0.717, 1.165) is 25.2 Å². The third-order valence-corrected chi connectivity index (χ3v) is 4.46. The van der Waals surface area contributed by atoms with Crippen LogP contribution in [0.2, 0.25) is 0 Å².